The number of aromatic amines is 1. The molecule has 5 heteroatoms. The van der Waals surface area contributed by atoms with Crippen molar-refractivity contribution in [1.82, 2.24) is 9.07 Å². The maximum Gasteiger partial charge on any atom is 0.343 e. The largest absolute Gasteiger partial charge is 0.343 e. The SMILES string of the molecule is Cc1c[nH]c(=O)n(Cl)c1=O. The van der Waals surface area contributed by atoms with E-state index in [2.05, 4.69) is 4.98 Å². The van der Waals surface area contributed by atoms with Crippen molar-refractivity contribution in [3.05, 3.63) is 32.6 Å². The topological polar surface area (TPSA) is 54.9 Å². The van der Waals surface area contributed by atoms with Gasteiger partial charge in [-0.15, -0.1) is 0 Å². The van der Waals surface area contributed by atoms with Gasteiger partial charge >= 0.3 is 5.69 Å². The van der Waals surface area contributed by atoms with Gasteiger partial charge in [0.1, 0.15) is 0 Å². The third kappa shape index (κ3) is 0.974. The number of H-pyrrole nitrogens is 1. The minimum Gasteiger partial charge on any atom is -0.313 e. The number of nitrogens with one attached hydrogen (secondary N) is 1. The second kappa shape index (κ2) is 2.30. The molecule has 0 spiro atoms. The van der Waals surface area contributed by atoms with Crippen molar-refractivity contribution in [3.8, 4) is 0 Å². The molecule has 1 N–H and O–H groups in total. The molecule has 0 aliphatic heterocycles. The van der Waals surface area contributed by atoms with Crippen LogP contribution in [0.25, 0.3) is 0 Å². The van der Waals surface area contributed by atoms with Crippen molar-refractivity contribution < 1.29 is 0 Å². The highest BCUT2D eigenvalue weighted by molar-refractivity contribution is 6.15. The van der Waals surface area contributed by atoms with E-state index in [4.69, 9.17) is 11.8 Å². The fourth-order valence-corrected chi connectivity index (χ4v) is 0.718. The van der Waals surface area contributed by atoms with E-state index in [9.17, 15) is 9.59 Å². The van der Waals surface area contributed by atoms with E-state index in [1.54, 1.807) is 6.92 Å². The van der Waals surface area contributed by atoms with Gasteiger partial charge in [0.25, 0.3) is 5.56 Å². The summed E-state index contributed by atoms with van der Waals surface area (Å²) < 4.78 is 0.509. The summed E-state index contributed by atoms with van der Waals surface area (Å²) in [6, 6.07) is 0. The molecule has 0 atom stereocenters. The van der Waals surface area contributed by atoms with Crippen LogP contribution in [-0.2, 0) is 0 Å². The molecule has 0 saturated heterocycles. The summed E-state index contributed by atoms with van der Waals surface area (Å²) in [4.78, 5) is 23.7. The smallest absolute Gasteiger partial charge is 0.313 e. The van der Waals surface area contributed by atoms with Crippen LogP contribution in [0.15, 0.2) is 15.8 Å². The maximum atomic E-state index is 10.8. The molecule has 0 aromatic carbocycles. The van der Waals surface area contributed by atoms with Crippen molar-refractivity contribution in [2.45, 2.75) is 6.92 Å². The first-order valence-electron chi connectivity index (χ1n) is 2.60. The van der Waals surface area contributed by atoms with Gasteiger partial charge in [-0.25, -0.2) is 4.79 Å². The molecule has 0 bridgehead atoms. The molecule has 0 aliphatic carbocycles. The molecular weight excluding hydrogens is 156 g/mol. The summed E-state index contributed by atoms with van der Waals surface area (Å²) in [7, 11) is 0. The van der Waals surface area contributed by atoms with E-state index >= 15 is 0 Å². The van der Waals surface area contributed by atoms with Crippen LogP contribution in [0.1, 0.15) is 5.56 Å². The average molecular weight is 161 g/mol. The van der Waals surface area contributed by atoms with E-state index in [0.717, 1.165) is 0 Å². The fourth-order valence-electron chi connectivity index (χ4n) is 0.535. The number of aromatic nitrogens is 2. The Kier molecular flexibility index (Phi) is 1.63. The van der Waals surface area contributed by atoms with Gasteiger partial charge in [0.2, 0.25) is 0 Å². The summed E-state index contributed by atoms with van der Waals surface area (Å²) in [5.41, 5.74) is -0.683. The molecule has 1 heterocycles. The molecule has 0 unspecified atom stereocenters. The standard InChI is InChI=1S/C5H5ClN2O2/c1-3-2-7-5(10)8(6)4(3)9/h2H,1H3,(H,7,10). The van der Waals surface area contributed by atoms with Crippen molar-refractivity contribution >= 4 is 11.8 Å². The summed E-state index contributed by atoms with van der Waals surface area (Å²) in [6.07, 6.45) is 1.32. The lowest BCUT2D eigenvalue weighted by Crippen LogP contribution is -2.29. The van der Waals surface area contributed by atoms with Crippen molar-refractivity contribution in [3.63, 3.8) is 0 Å². The van der Waals surface area contributed by atoms with E-state index in [1.165, 1.54) is 6.20 Å². The first kappa shape index (κ1) is 7.08. The van der Waals surface area contributed by atoms with E-state index in [-0.39, 0.29) is 0 Å². The van der Waals surface area contributed by atoms with Crippen LogP contribution in [0.3, 0.4) is 0 Å². The second-order valence-electron chi connectivity index (χ2n) is 1.86. The number of nitrogens with zero attached hydrogens (tertiary/aromatic N) is 1. The Balaban J connectivity index is 3.66. The Morgan fingerprint density at radius 3 is 2.70 bits per heavy atom. The summed E-state index contributed by atoms with van der Waals surface area (Å²) in [6.45, 7) is 1.57. The van der Waals surface area contributed by atoms with Gasteiger partial charge in [0, 0.05) is 23.5 Å². The van der Waals surface area contributed by atoms with Gasteiger partial charge in [0.05, 0.1) is 0 Å². The van der Waals surface area contributed by atoms with Gasteiger partial charge in [-0.1, -0.05) is 0 Å². The van der Waals surface area contributed by atoms with E-state index in [1.807, 2.05) is 0 Å². The molecule has 0 radical (unpaired) electrons. The Morgan fingerprint density at radius 1 is 1.60 bits per heavy atom. The van der Waals surface area contributed by atoms with Gasteiger partial charge < -0.3 is 4.98 Å². The van der Waals surface area contributed by atoms with Gasteiger partial charge in [-0.05, 0) is 6.92 Å². The zero-order valence-electron chi connectivity index (χ0n) is 5.22. The minimum absolute atomic E-state index is 0.412. The molecule has 1 rings (SSSR count). The third-order valence-corrected chi connectivity index (χ3v) is 1.41. The highest BCUT2D eigenvalue weighted by Gasteiger charge is 1.98. The first-order valence-corrected chi connectivity index (χ1v) is 2.94. The summed E-state index contributed by atoms with van der Waals surface area (Å²) in [5, 5.41) is 0. The fraction of sp³-hybridized carbons (Fsp3) is 0.200. The zero-order chi connectivity index (χ0) is 7.72. The Bertz CT molecular complexity index is 351. The average Bonchev–Trinajstić information content (AvgIpc) is 1.93. The van der Waals surface area contributed by atoms with Gasteiger partial charge in [-0.2, -0.15) is 4.09 Å². The van der Waals surface area contributed by atoms with Crippen LogP contribution >= 0.6 is 11.8 Å². The minimum atomic E-state index is -0.614. The highest BCUT2D eigenvalue weighted by atomic mass is 35.5. The summed E-state index contributed by atoms with van der Waals surface area (Å²) in [5.74, 6) is 0. The van der Waals surface area contributed by atoms with Gasteiger partial charge in [0.15, 0.2) is 0 Å². The maximum absolute atomic E-state index is 10.8. The predicted molar refractivity (Wildman–Crippen MR) is 37.3 cm³/mol. The van der Waals surface area contributed by atoms with Crippen LogP contribution in [0.4, 0.5) is 0 Å². The van der Waals surface area contributed by atoms with Crippen LogP contribution in [-0.4, -0.2) is 9.07 Å². The highest BCUT2D eigenvalue weighted by Crippen LogP contribution is 1.79. The van der Waals surface area contributed by atoms with Gasteiger partial charge in [-0.3, -0.25) is 4.79 Å². The number of rotatable bonds is 0. The molecule has 10 heavy (non-hydrogen) atoms. The third-order valence-electron chi connectivity index (χ3n) is 1.11. The molecule has 0 saturated carbocycles. The first-order chi connectivity index (χ1) is 4.63. The van der Waals surface area contributed by atoms with Crippen molar-refractivity contribution in [2.75, 3.05) is 0 Å². The monoisotopic (exact) mass is 160 g/mol. The molecule has 4 nitrogen and oxygen atoms in total. The lowest BCUT2D eigenvalue weighted by Gasteiger charge is -1.91. The molecule has 0 amide bonds. The van der Waals surface area contributed by atoms with Crippen LogP contribution in [0, 0.1) is 6.92 Å². The van der Waals surface area contributed by atoms with Crippen molar-refractivity contribution in [1.29, 1.82) is 0 Å². The van der Waals surface area contributed by atoms with Crippen LogP contribution in [0.5, 0.6) is 0 Å². The van der Waals surface area contributed by atoms with Crippen LogP contribution in [0.2, 0.25) is 0 Å². The summed E-state index contributed by atoms with van der Waals surface area (Å²) >= 11 is 5.24. The normalized spacial score (nSPS) is 9.80. The molecule has 54 valence electrons. The predicted octanol–water partition coefficient (Wildman–Crippen LogP) is -0.153. The second-order valence-corrected chi connectivity index (χ2v) is 2.20. The molecule has 1 aromatic rings. The lowest BCUT2D eigenvalue weighted by molar-refractivity contribution is 0.943. The Labute approximate surface area is 61.2 Å². The Morgan fingerprint density at radius 2 is 2.20 bits per heavy atom. The number of halogens is 1. The molecule has 0 aliphatic rings. The lowest BCUT2D eigenvalue weighted by atomic mass is 10.4. The molecule has 1 aromatic heterocycles. The molecular formula is C5H5ClN2O2. The number of hydrogen-bond acceptors (Lipinski definition) is 2. The van der Waals surface area contributed by atoms with Crippen molar-refractivity contribution in [2.24, 2.45) is 0 Å². The number of hydrogen-bond donors (Lipinski definition) is 1. The zero-order valence-corrected chi connectivity index (χ0v) is 5.97. The quantitative estimate of drug-likeness (QED) is 0.574. The number of aryl methyl sites for hydroxylation is 1. The Hall–Kier alpha value is -1.03. The van der Waals surface area contributed by atoms with E-state index < -0.39 is 11.2 Å². The van der Waals surface area contributed by atoms with Crippen LogP contribution < -0.4 is 11.2 Å². The van der Waals surface area contributed by atoms with E-state index in [0.29, 0.717) is 9.65 Å². The molecule has 0 fully saturated rings.